The van der Waals surface area contributed by atoms with E-state index in [4.69, 9.17) is 21.1 Å². The van der Waals surface area contributed by atoms with Gasteiger partial charge in [0.05, 0.1) is 18.7 Å². The normalized spacial score (nSPS) is 15.9. The van der Waals surface area contributed by atoms with Gasteiger partial charge in [0.2, 0.25) is 5.91 Å². The third kappa shape index (κ3) is 5.06. The molecule has 2 aromatic rings. The Labute approximate surface area is 173 Å². The Balaban J connectivity index is 1.58. The van der Waals surface area contributed by atoms with E-state index in [-0.39, 0.29) is 18.9 Å². The lowest BCUT2D eigenvalue weighted by molar-refractivity contribution is -0.151. The molecule has 152 valence electrons. The molecule has 1 fully saturated rings. The van der Waals surface area contributed by atoms with E-state index in [9.17, 15) is 14.4 Å². The average Bonchev–Trinajstić information content (AvgIpc) is 3.07. The number of nitrogens with zero attached hydrogens (tertiary/aromatic N) is 1. The number of benzene rings is 2. The number of methoxy groups -OCH3 is 1. The molecule has 7 nitrogen and oxygen atoms in total. The molecular weight excluding hydrogens is 396 g/mol. The molecule has 0 spiro atoms. The van der Waals surface area contributed by atoms with Crippen molar-refractivity contribution in [1.29, 1.82) is 0 Å². The van der Waals surface area contributed by atoms with E-state index in [1.165, 1.54) is 12.0 Å². The van der Waals surface area contributed by atoms with Crippen molar-refractivity contribution in [3.8, 4) is 5.75 Å². The highest BCUT2D eigenvalue weighted by Gasteiger charge is 2.37. The number of halogens is 1. The molecule has 0 aromatic heterocycles. The van der Waals surface area contributed by atoms with Crippen molar-refractivity contribution in [3.05, 3.63) is 53.1 Å². The van der Waals surface area contributed by atoms with Crippen LogP contribution in [0.15, 0.2) is 42.5 Å². The van der Waals surface area contributed by atoms with Gasteiger partial charge in [-0.15, -0.1) is 0 Å². The number of hydrogen-bond donors (Lipinski definition) is 1. The van der Waals surface area contributed by atoms with Gasteiger partial charge >= 0.3 is 5.97 Å². The molecular formula is C21H21ClN2O5. The molecule has 1 atom stereocenters. The van der Waals surface area contributed by atoms with Crippen LogP contribution in [0.3, 0.4) is 0 Å². The molecule has 1 aliphatic rings. The van der Waals surface area contributed by atoms with Crippen molar-refractivity contribution in [3.63, 3.8) is 0 Å². The van der Waals surface area contributed by atoms with Gasteiger partial charge in [0, 0.05) is 23.7 Å². The van der Waals surface area contributed by atoms with Crippen LogP contribution in [0.4, 0.5) is 11.4 Å². The second kappa shape index (κ2) is 8.96. The van der Waals surface area contributed by atoms with Crippen LogP contribution < -0.4 is 15.0 Å². The fourth-order valence-electron chi connectivity index (χ4n) is 3.13. The predicted octanol–water partition coefficient (Wildman–Crippen LogP) is 3.19. The van der Waals surface area contributed by atoms with Crippen LogP contribution in [-0.2, 0) is 19.1 Å². The van der Waals surface area contributed by atoms with Crippen LogP contribution in [0, 0.1) is 12.8 Å². The number of ether oxygens (including phenoxy) is 2. The first-order valence-electron chi connectivity index (χ1n) is 9.04. The summed E-state index contributed by atoms with van der Waals surface area (Å²) in [7, 11) is 1.53. The standard InChI is InChI=1S/C21H21ClN2O5/c1-13-6-7-18(28-2)17(8-13)24-11-14(9-20(24)26)21(27)29-12-19(25)23-16-5-3-4-15(22)10-16/h3-8,10,14H,9,11-12H2,1-2H3,(H,23,25)/t14-/m1/s1. The topological polar surface area (TPSA) is 84.9 Å². The lowest BCUT2D eigenvalue weighted by Gasteiger charge is -2.20. The largest absolute Gasteiger partial charge is 0.495 e. The Morgan fingerprint density at radius 3 is 2.76 bits per heavy atom. The Morgan fingerprint density at radius 1 is 1.24 bits per heavy atom. The first kappa shape index (κ1) is 20.7. The second-order valence-electron chi connectivity index (χ2n) is 6.75. The van der Waals surface area contributed by atoms with Crippen molar-refractivity contribution in [1.82, 2.24) is 0 Å². The fraction of sp³-hybridized carbons (Fsp3) is 0.286. The van der Waals surface area contributed by atoms with Crippen LogP contribution >= 0.6 is 11.6 Å². The van der Waals surface area contributed by atoms with Gasteiger partial charge in [-0.3, -0.25) is 14.4 Å². The monoisotopic (exact) mass is 416 g/mol. The summed E-state index contributed by atoms with van der Waals surface area (Å²) in [4.78, 5) is 38.3. The van der Waals surface area contributed by atoms with Crippen LogP contribution in [0.5, 0.6) is 5.75 Å². The van der Waals surface area contributed by atoms with Gasteiger partial charge in [-0.2, -0.15) is 0 Å². The summed E-state index contributed by atoms with van der Waals surface area (Å²) in [6, 6.07) is 12.1. The fourth-order valence-corrected chi connectivity index (χ4v) is 3.32. The zero-order valence-electron chi connectivity index (χ0n) is 16.1. The Bertz CT molecular complexity index is 946. The van der Waals surface area contributed by atoms with E-state index >= 15 is 0 Å². The van der Waals surface area contributed by atoms with E-state index in [0.717, 1.165) is 5.56 Å². The zero-order chi connectivity index (χ0) is 21.0. The smallest absolute Gasteiger partial charge is 0.311 e. The molecule has 1 saturated heterocycles. The minimum absolute atomic E-state index is 0.0197. The number of carbonyl (C=O) groups excluding carboxylic acids is 3. The number of carbonyl (C=O) groups is 3. The molecule has 1 N–H and O–H groups in total. The van der Waals surface area contributed by atoms with Crippen molar-refractivity contribution in [2.24, 2.45) is 5.92 Å². The Hall–Kier alpha value is -3.06. The van der Waals surface area contributed by atoms with E-state index in [0.29, 0.717) is 22.1 Å². The van der Waals surface area contributed by atoms with E-state index in [2.05, 4.69) is 5.32 Å². The lowest BCUT2D eigenvalue weighted by Crippen LogP contribution is -2.28. The molecule has 3 rings (SSSR count). The summed E-state index contributed by atoms with van der Waals surface area (Å²) < 4.78 is 10.4. The van der Waals surface area contributed by atoms with Crippen LogP contribution in [-0.4, -0.2) is 38.0 Å². The average molecular weight is 417 g/mol. The van der Waals surface area contributed by atoms with Crippen molar-refractivity contribution in [2.45, 2.75) is 13.3 Å². The molecule has 0 saturated carbocycles. The molecule has 1 aliphatic heterocycles. The SMILES string of the molecule is COc1ccc(C)cc1N1C[C@H](C(=O)OCC(=O)Nc2cccc(Cl)c2)CC1=O. The number of esters is 1. The predicted molar refractivity (Wildman–Crippen MR) is 109 cm³/mol. The van der Waals surface area contributed by atoms with Crippen molar-refractivity contribution >= 4 is 40.8 Å². The van der Waals surface area contributed by atoms with Gasteiger partial charge in [0.1, 0.15) is 5.75 Å². The second-order valence-corrected chi connectivity index (χ2v) is 7.18. The van der Waals surface area contributed by atoms with Crippen LogP contribution in [0.1, 0.15) is 12.0 Å². The van der Waals surface area contributed by atoms with E-state index < -0.39 is 24.4 Å². The summed E-state index contributed by atoms with van der Waals surface area (Å²) in [6.07, 6.45) is 0.0197. The molecule has 0 radical (unpaired) electrons. The van der Waals surface area contributed by atoms with Crippen molar-refractivity contribution in [2.75, 3.05) is 30.5 Å². The summed E-state index contributed by atoms with van der Waals surface area (Å²) in [5, 5.41) is 3.08. The summed E-state index contributed by atoms with van der Waals surface area (Å²) in [5.74, 6) is -1.36. The summed E-state index contributed by atoms with van der Waals surface area (Å²) in [5.41, 5.74) is 2.09. The highest BCUT2D eigenvalue weighted by Crippen LogP contribution is 2.34. The summed E-state index contributed by atoms with van der Waals surface area (Å²) >= 11 is 5.87. The van der Waals surface area contributed by atoms with Crippen molar-refractivity contribution < 1.29 is 23.9 Å². The highest BCUT2D eigenvalue weighted by molar-refractivity contribution is 6.30. The van der Waals surface area contributed by atoms with Gasteiger partial charge in [-0.05, 0) is 42.8 Å². The number of aryl methyl sites for hydroxylation is 1. The molecule has 0 aliphatic carbocycles. The quantitative estimate of drug-likeness (QED) is 0.731. The van der Waals surface area contributed by atoms with Gasteiger partial charge < -0.3 is 19.7 Å². The van der Waals surface area contributed by atoms with E-state index in [1.54, 1.807) is 30.3 Å². The number of amides is 2. The number of hydrogen-bond acceptors (Lipinski definition) is 5. The molecule has 29 heavy (non-hydrogen) atoms. The Kier molecular flexibility index (Phi) is 6.39. The van der Waals surface area contributed by atoms with Gasteiger partial charge in [-0.25, -0.2) is 0 Å². The van der Waals surface area contributed by atoms with Gasteiger partial charge in [0.15, 0.2) is 6.61 Å². The molecule has 2 amide bonds. The maximum absolute atomic E-state index is 12.5. The molecule has 8 heteroatoms. The lowest BCUT2D eigenvalue weighted by atomic mass is 10.1. The van der Waals surface area contributed by atoms with Gasteiger partial charge in [0.25, 0.3) is 5.91 Å². The first-order chi connectivity index (χ1) is 13.9. The molecule has 0 unspecified atom stereocenters. The molecule has 0 bridgehead atoms. The maximum atomic E-state index is 12.5. The van der Waals surface area contributed by atoms with E-state index in [1.807, 2.05) is 19.1 Å². The minimum Gasteiger partial charge on any atom is -0.495 e. The van der Waals surface area contributed by atoms with Crippen LogP contribution in [0.2, 0.25) is 5.02 Å². The molecule has 2 aromatic carbocycles. The maximum Gasteiger partial charge on any atom is 0.311 e. The van der Waals surface area contributed by atoms with Crippen LogP contribution in [0.25, 0.3) is 0 Å². The third-order valence-corrected chi connectivity index (χ3v) is 4.77. The first-order valence-corrected chi connectivity index (χ1v) is 9.42. The number of anilines is 2. The number of rotatable bonds is 6. The van der Waals surface area contributed by atoms with Gasteiger partial charge in [-0.1, -0.05) is 23.7 Å². The Morgan fingerprint density at radius 2 is 2.03 bits per heavy atom. The zero-order valence-corrected chi connectivity index (χ0v) is 16.9. The summed E-state index contributed by atoms with van der Waals surface area (Å²) in [6.45, 7) is 1.64. The number of nitrogens with one attached hydrogen (secondary N) is 1. The highest BCUT2D eigenvalue weighted by atomic mass is 35.5. The molecule has 1 heterocycles. The third-order valence-electron chi connectivity index (χ3n) is 4.54. The minimum atomic E-state index is -0.647.